The maximum atomic E-state index is 13.8. The van der Waals surface area contributed by atoms with Crippen LogP contribution in [0.3, 0.4) is 0 Å². The number of benzene rings is 3. The molecule has 1 fully saturated rings. The molecule has 1 saturated carbocycles. The molecule has 0 unspecified atom stereocenters. The summed E-state index contributed by atoms with van der Waals surface area (Å²) in [5, 5.41) is 15.3. The summed E-state index contributed by atoms with van der Waals surface area (Å²) in [6.45, 7) is 2.31. The fourth-order valence-electron chi connectivity index (χ4n) is 5.12. The molecule has 4 aromatic rings. The number of hydrogen-bond donors (Lipinski definition) is 1. The number of carbonyl (C=O) groups excluding carboxylic acids is 1. The van der Waals surface area contributed by atoms with Crippen molar-refractivity contribution in [2.45, 2.75) is 44.0 Å². The van der Waals surface area contributed by atoms with Gasteiger partial charge in [-0.1, -0.05) is 18.2 Å². The first-order valence-electron chi connectivity index (χ1n) is 15.2. The van der Waals surface area contributed by atoms with E-state index in [2.05, 4.69) is 10.3 Å². The van der Waals surface area contributed by atoms with E-state index in [0.29, 0.717) is 40.2 Å². The Morgan fingerprint density at radius 1 is 1.04 bits per heavy atom. The molecule has 1 aliphatic carbocycles. The highest BCUT2D eigenvalue weighted by Crippen LogP contribution is 2.31. The number of aromatic nitrogens is 1. The number of hydrogen-bond acceptors (Lipinski definition) is 9. The van der Waals surface area contributed by atoms with E-state index in [1.165, 1.54) is 37.2 Å². The first kappa shape index (κ1) is 33.9. The van der Waals surface area contributed by atoms with Crippen LogP contribution in [0.15, 0.2) is 77.8 Å². The Morgan fingerprint density at radius 3 is 2.45 bits per heavy atom. The molecule has 3 aromatic carbocycles. The largest absolute Gasteiger partial charge is 0.493 e. The summed E-state index contributed by atoms with van der Waals surface area (Å²) >= 11 is 0. The van der Waals surface area contributed by atoms with E-state index in [9.17, 15) is 31.7 Å². The van der Waals surface area contributed by atoms with Crippen molar-refractivity contribution in [1.29, 1.82) is 0 Å². The molecule has 0 saturated heterocycles. The number of nitro benzene ring substituents is 1. The van der Waals surface area contributed by atoms with Crippen LogP contribution in [0, 0.1) is 23.0 Å². The van der Waals surface area contributed by atoms with Crippen LogP contribution in [-0.4, -0.2) is 62.1 Å². The number of anilines is 1. The molecule has 0 aliphatic heterocycles. The third kappa shape index (κ3) is 8.70. The summed E-state index contributed by atoms with van der Waals surface area (Å²) in [5.41, 5.74) is 2.36. The van der Waals surface area contributed by atoms with Gasteiger partial charge < -0.3 is 10.1 Å². The molecule has 0 spiro atoms. The molecule has 0 bridgehead atoms. The van der Waals surface area contributed by atoms with E-state index in [-0.39, 0.29) is 37.6 Å². The monoisotopic (exact) mass is 680 g/mol. The fraction of sp³-hybridized carbons (Fsp3) is 0.333. The highest BCUT2D eigenvalue weighted by Gasteiger charge is 2.31. The topological polar surface area (TPSA) is 166 Å². The Morgan fingerprint density at radius 2 is 1.77 bits per heavy atom. The van der Waals surface area contributed by atoms with E-state index >= 15 is 0 Å². The van der Waals surface area contributed by atoms with Crippen molar-refractivity contribution < 1.29 is 31.3 Å². The predicted molar refractivity (Wildman–Crippen MR) is 179 cm³/mol. The molecule has 5 rings (SSSR count). The van der Waals surface area contributed by atoms with Crippen molar-refractivity contribution >= 4 is 48.0 Å². The second-order valence-corrected chi connectivity index (χ2v) is 16.0. The maximum absolute atomic E-state index is 13.8. The van der Waals surface area contributed by atoms with Gasteiger partial charge in [0, 0.05) is 54.0 Å². The summed E-state index contributed by atoms with van der Waals surface area (Å²) in [7, 11) is -7.59. The molecule has 1 aromatic heterocycles. The number of nitrogens with zero attached hydrogens (tertiary/aromatic N) is 3. The van der Waals surface area contributed by atoms with E-state index in [1.807, 2.05) is 6.92 Å². The van der Waals surface area contributed by atoms with Gasteiger partial charge in [0.15, 0.2) is 4.90 Å². The standard InChI is InChI=1S/C33H36N4O8S2/c1-23-29(35-33(38)26-11-14-28(15-12-26)45-22-24-9-10-24)16-13-27-19-25(20-34-32(23)27)21-36(17-5-6-18-46(2,41)42)47(43,44)31-8-4-3-7-30(31)37(39)40/h3-4,7-8,11-16,19-20,24H,5-6,9-10,17-18,21-22H2,1-2H3,(H,35,38). The van der Waals surface area contributed by atoms with Crippen LogP contribution in [0.2, 0.25) is 0 Å². The Balaban J connectivity index is 1.35. The highest BCUT2D eigenvalue weighted by atomic mass is 32.2. The van der Waals surface area contributed by atoms with Gasteiger partial charge in [0.1, 0.15) is 15.6 Å². The number of unbranched alkanes of at least 4 members (excludes halogenated alkanes) is 1. The first-order valence-corrected chi connectivity index (χ1v) is 18.7. The Kier molecular flexibility index (Phi) is 10.2. The molecule has 1 aliphatic rings. The molecule has 1 heterocycles. The maximum Gasteiger partial charge on any atom is 0.289 e. The number of sulfone groups is 1. The van der Waals surface area contributed by atoms with Crippen LogP contribution in [0.1, 0.15) is 47.2 Å². The molecule has 14 heteroatoms. The number of fused-ring (bicyclic) bond motifs is 1. The summed E-state index contributed by atoms with van der Waals surface area (Å²) in [4.78, 5) is 28.0. The highest BCUT2D eigenvalue weighted by molar-refractivity contribution is 7.90. The van der Waals surface area contributed by atoms with E-state index in [1.54, 1.807) is 42.5 Å². The quantitative estimate of drug-likeness (QED) is 0.0968. The average molecular weight is 681 g/mol. The first-order chi connectivity index (χ1) is 22.3. The normalized spacial score (nSPS) is 13.5. The van der Waals surface area contributed by atoms with Crippen LogP contribution in [0.5, 0.6) is 5.75 Å². The van der Waals surface area contributed by atoms with Crippen LogP contribution >= 0.6 is 0 Å². The van der Waals surface area contributed by atoms with Crippen molar-refractivity contribution in [2.75, 3.05) is 30.5 Å². The Bertz CT molecular complexity index is 2010. The number of rotatable bonds is 15. The van der Waals surface area contributed by atoms with Crippen molar-refractivity contribution in [3.8, 4) is 5.75 Å². The summed E-state index contributed by atoms with van der Waals surface area (Å²) in [5.74, 6) is 0.951. The van der Waals surface area contributed by atoms with Crippen molar-refractivity contribution in [2.24, 2.45) is 5.92 Å². The van der Waals surface area contributed by atoms with Gasteiger partial charge >= 0.3 is 0 Å². The third-order valence-corrected chi connectivity index (χ3v) is 10.8. The van der Waals surface area contributed by atoms with Crippen LogP contribution < -0.4 is 10.1 Å². The molecule has 0 radical (unpaired) electrons. The minimum absolute atomic E-state index is 0.0560. The molecule has 1 N–H and O–H groups in total. The van der Waals surface area contributed by atoms with Gasteiger partial charge in [-0.2, -0.15) is 4.31 Å². The zero-order valence-electron chi connectivity index (χ0n) is 26.1. The van der Waals surface area contributed by atoms with Gasteiger partial charge in [0.2, 0.25) is 10.0 Å². The van der Waals surface area contributed by atoms with Crippen molar-refractivity contribution in [3.05, 3.63) is 99.7 Å². The molecule has 248 valence electrons. The summed E-state index contributed by atoms with van der Waals surface area (Å²) in [6, 6.07) is 17.4. The molecule has 0 atom stereocenters. The lowest BCUT2D eigenvalue weighted by Crippen LogP contribution is -2.32. The lowest BCUT2D eigenvalue weighted by atomic mass is 10.1. The van der Waals surface area contributed by atoms with Crippen LogP contribution in [-0.2, 0) is 26.4 Å². The Labute approximate surface area is 273 Å². The molecular weight excluding hydrogens is 645 g/mol. The van der Waals surface area contributed by atoms with Crippen LogP contribution in [0.4, 0.5) is 11.4 Å². The number of nitro groups is 1. The molecule has 47 heavy (non-hydrogen) atoms. The lowest BCUT2D eigenvalue weighted by Gasteiger charge is -2.22. The van der Waals surface area contributed by atoms with Gasteiger partial charge in [-0.15, -0.1) is 0 Å². The zero-order chi connectivity index (χ0) is 33.8. The van der Waals surface area contributed by atoms with E-state index in [4.69, 9.17) is 4.74 Å². The molecule has 12 nitrogen and oxygen atoms in total. The number of ether oxygens (including phenoxy) is 1. The smallest absolute Gasteiger partial charge is 0.289 e. The number of aryl methyl sites for hydroxylation is 1. The number of sulfonamides is 1. The third-order valence-electron chi connectivity index (χ3n) is 7.92. The fourth-order valence-corrected chi connectivity index (χ4v) is 7.47. The number of amides is 1. The number of carbonyl (C=O) groups is 1. The van der Waals surface area contributed by atoms with Gasteiger partial charge in [-0.3, -0.25) is 19.9 Å². The van der Waals surface area contributed by atoms with E-state index in [0.717, 1.165) is 27.9 Å². The minimum Gasteiger partial charge on any atom is -0.493 e. The zero-order valence-corrected chi connectivity index (χ0v) is 27.7. The Hall–Kier alpha value is -4.40. The number of nitrogens with one attached hydrogen (secondary N) is 1. The lowest BCUT2D eigenvalue weighted by molar-refractivity contribution is -0.387. The summed E-state index contributed by atoms with van der Waals surface area (Å²) < 4.78 is 57.6. The van der Waals surface area contributed by atoms with Gasteiger partial charge in [-0.25, -0.2) is 16.8 Å². The second-order valence-electron chi connectivity index (χ2n) is 11.8. The summed E-state index contributed by atoms with van der Waals surface area (Å²) in [6.07, 6.45) is 5.48. The predicted octanol–water partition coefficient (Wildman–Crippen LogP) is 5.51. The van der Waals surface area contributed by atoms with Gasteiger partial charge in [0.25, 0.3) is 11.6 Å². The van der Waals surface area contributed by atoms with Crippen molar-refractivity contribution in [1.82, 2.24) is 9.29 Å². The van der Waals surface area contributed by atoms with Gasteiger partial charge in [0.05, 0.1) is 17.0 Å². The molecule has 1 amide bonds. The van der Waals surface area contributed by atoms with Gasteiger partial charge in [-0.05, 0) is 92.1 Å². The van der Waals surface area contributed by atoms with Crippen molar-refractivity contribution in [3.63, 3.8) is 0 Å². The van der Waals surface area contributed by atoms with E-state index < -0.39 is 35.4 Å². The average Bonchev–Trinajstić information content (AvgIpc) is 3.87. The second kappa shape index (κ2) is 14.2. The number of pyridine rings is 1. The van der Waals surface area contributed by atoms with Crippen LogP contribution in [0.25, 0.3) is 10.9 Å². The molecular formula is C33H36N4O8S2. The SMILES string of the molecule is Cc1c(NC(=O)c2ccc(OCC3CC3)cc2)ccc2cc(CN(CCCCS(C)(=O)=O)S(=O)(=O)c3ccccc3[N+](=O)[O-])cnc12. The number of para-hydroxylation sites is 1. The minimum atomic E-state index is -4.35.